The molecule has 0 saturated carbocycles. The molecule has 29 heavy (non-hydrogen) atoms. The highest BCUT2D eigenvalue weighted by molar-refractivity contribution is 6.30. The minimum Gasteiger partial charge on any atom is -0.493 e. The molecule has 1 atom stereocenters. The fraction of sp³-hybridized carbons (Fsp3) is 0.227. The Kier molecular flexibility index (Phi) is 4.36. The van der Waals surface area contributed by atoms with Crippen LogP contribution in [0.25, 0.3) is 16.9 Å². The van der Waals surface area contributed by atoms with E-state index >= 15 is 0 Å². The number of hydrogen-bond donors (Lipinski definition) is 0. The molecular weight excluding hydrogens is 388 g/mol. The van der Waals surface area contributed by atoms with Gasteiger partial charge in [-0.25, -0.2) is 9.97 Å². The molecule has 0 fully saturated rings. The molecule has 0 radical (unpaired) electrons. The van der Waals surface area contributed by atoms with Gasteiger partial charge in [-0.15, -0.1) is 0 Å². The van der Waals surface area contributed by atoms with E-state index in [1.807, 2.05) is 41.8 Å². The van der Waals surface area contributed by atoms with Gasteiger partial charge in [-0.2, -0.15) is 0 Å². The summed E-state index contributed by atoms with van der Waals surface area (Å²) >= 11 is 6.05. The number of para-hydroxylation sites is 1. The molecule has 146 valence electrons. The maximum atomic E-state index is 13.4. The molecule has 0 saturated heterocycles. The van der Waals surface area contributed by atoms with E-state index in [-0.39, 0.29) is 11.5 Å². The number of halogens is 1. The third kappa shape index (κ3) is 3.00. The number of hydrogen-bond acceptors (Lipinski definition) is 4. The minimum atomic E-state index is -0.174. The van der Waals surface area contributed by atoms with E-state index in [9.17, 15) is 4.79 Å². The summed E-state index contributed by atoms with van der Waals surface area (Å²) in [7, 11) is 0. The van der Waals surface area contributed by atoms with Crippen LogP contribution in [-0.2, 0) is 13.0 Å². The van der Waals surface area contributed by atoms with Gasteiger partial charge in [0.15, 0.2) is 11.2 Å². The first-order valence-corrected chi connectivity index (χ1v) is 9.98. The van der Waals surface area contributed by atoms with Crippen LogP contribution >= 0.6 is 11.6 Å². The first-order valence-electron chi connectivity index (χ1n) is 9.60. The van der Waals surface area contributed by atoms with Gasteiger partial charge in [-0.1, -0.05) is 29.8 Å². The van der Waals surface area contributed by atoms with Gasteiger partial charge in [0.25, 0.3) is 5.56 Å². The van der Waals surface area contributed by atoms with E-state index in [2.05, 4.69) is 11.1 Å². The van der Waals surface area contributed by atoms with Gasteiger partial charge in [0.2, 0.25) is 0 Å². The van der Waals surface area contributed by atoms with Crippen molar-refractivity contribution in [2.45, 2.75) is 25.8 Å². The summed E-state index contributed by atoms with van der Waals surface area (Å²) in [4.78, 5) is 22.6. The van der Waals surface area contributed by atoms with Gasteiger partial charge in [0.1, 0.15) is 11.6 Å². The van der Waals surface area contributed by atoms with Crippen LogP contribution in [0.2, 0.25) is 5.02 Å². The molecule has 1 aliphatic rings. The van der Waals surface area contributed by atoms with Crippen molar-refractivity contribution in [2.24, 2.45) is 0 Å². The Morgan fingerprint density at radius 3 is 2.76 bits per heavy atom. The van der Waals surface area contributed by atoms with Crippen molar-refractivity contribution in [2.75, 3.05) is 6.61 Å². The summed E-state index contributed by atoms with van der Waals surface area (Å²) in [6.45, 7) is 3.28. The molecule has 6 nitrogen and oxygen atoms in total. The number of imidazole rings is 1. The standard InChI is InChI=1S/C22H19ClN4O2/c1-2-26-13-24-20-21(26)25-19(11-14-12-29-18-6-4-3-5-17(14)18)27(22(20)28)16-9-7-15(23)8-10-16/h3-10,13-14H,2,11-12H2,1H3. The highest BCUT2D eigenvalue weighted by Gasteiger charge is 2.27. The Labute approximate surface area is 172 Å². The molecule has 7 heteroatoms. The number of rotatable bonds is 4. The van der Waals surface area contributed by atoms with Crippen molar-refractivity contribution in [3.8, 4) is 11.4 Å². The van der Waals surface area contributed by atoms with E-state index in [0.29, 0.717) is 41.6 Å². The van der Waals surface area contributed by atoms with E-state index in [4.69, 9.17) is 21.3 Å². The van der Waals surface area contributed by atoms with Gasteiger partial charge in [-0.05, 0) is 37.3 Å². The summed E-state index contributed by atoms with van der Waals surface area (Å²) in [5.41, 5.74) is 2.68. The molecule has 0 bridgehead atoms. The SMILES string of the molecule is CCn1cnc2c(=O)n(-c3ccc(Cl)cc3)c(CC3COc4ccccc43)nc21. The van der Waals surface area contributed by atoms with Crippen LogP contribution < -0.4 is 10.3 Å². The lowest BCUT2D eigenvalue weighted by Crippen LogP contribution is -2.26. The third-order valence-electron chi connectivity index (χ3n) is 5.36. The minimum absolute atomic E-state index is 0.132. The van der Waals surface area contributed by atoms with Crippen molar-refractivity contribution >= 4 is 22.8 Å². The second-order valence-corrected chi connectivity index (χ2v) is 7.53. The number of nitrogens with zero attached hydrogens (tertiary/aromatic N) is 4. The summed E-state index contributed by atoms with van der Waals surface area (Å²) < 4.78 is 9.38. The molecule has 0 N–H and O–H groups in total. The van der Waals surface area contributed by atoms with E-state index in [1.165, 1.54) is 0 Å². The van der Waals surface area contributed by atoms with Crippen LogP contribution in [0, 0.1) is 0 Å². The lowest BCUT2D eigenvalue weighted by atomic mass is 9.97. The summed E-state index contributed by atoms with van der Waals surface area (Å²) in [5.74, 6) is 1.72. The molecule has 0 spiro atoms. The average Bonchev–Trinajstić information content (AvgIpc) is 3.34. The molecule has 2 aromatic carbocycles. The smallest absolute Gasteiger partial charge is 0.286 e. The van der Waals surface area contributed by atoms with E-state index in [0.717, 1.165) is 17.0 Å². The summed E-state index contributed by atoms with van der Waals surface area (Å²) in [5, 5.41) is 0.616. The summed E-state index contributed by atoms with van der Waals surface area (Å²) in [6.07, 6.45) is 2.25. The molecule has 0 aliphatic carbocycles. The lowest BCUT2D eigenvalue weighted by Gasteiger charge is -2.15. The normalized spacial score (nSPS) is 15.4. The molecule has 5 rings (SSSR count). The van der Waals surface area contributed by atoms with E-state index in [1.54, 1.807) is 23.0 Å². The fourth-order valence-corrected chi connectivity index (χ4v) is 4.01. The first kappa shape index (κ1) is 17.9. The lowest BCUT2D eigenvalue weighted by molar-refractivity contribution is 0.328. The van der Waals surface area contributed by atoms with Crippen molar-refractivity contribution < 1.29 is 4.74 Å². The van der Waals surface area contributed by atoms with Crippen LogP contribution in [0.4, 0.5) is 0 Å². The Hall–Kier alpha value is -3.12. The van der Waals surface area contributed by atoms with Gasteiger partial charge >= 0.3 is 0 Å². The average molecular weight is 407 g/mol. The monoisotopic (exact) mass is 406 g/mol. The Morgan fingerprint density at radius 1 is 1.17 bits per heavy atom. The molecule has 4 aromatic rings. The third-order valence-corrected chi connectivity index (χ3v) is 5.61. The predicted molar refractivity (Wildman–Crippen MR) is 112 cm³/mol. The molecular formula is C22H19ClN4O2. The molecule has 2 aromatic heterocycles. The number of benzene rings is 2. The molecule has 0 amide bonds. The van der Waals surface area contributed by atoms with Gasteiger partial charge in [0, 0.05) is 29.5 Å². The zero-order chi connectivity index (χ0) is 20.0. The highest BCUT2D eigenvalue weighted by atomic mass is 35.5. The summed E-state index contributed by atoms with van der Waals surface area (Å²) in [6, 6.07) is 15.2. The quantitative estimate of drug-likeness (QED) is 0.514. The van der Waals surface area contributed by atoms with Gasteiger partial charge in [0.05, 0.1) is 18.6 Å². The van der Waals surface area contributed by atoms with Crippen LogP contribution in [0.1, 0.15) is 24.2 Å². The Balaban J connectivity index is 1.69. The zero-order valence-corrected chi connectivity index (χ0v) is 16.6. The van der Waals surface area contributed by atoms with Crippen LogP contribution in [0.3, 0.4) is 0 Å². The van der Waals surface area contributed by atoms with Gasteiger partial charge in [-0.3, -0.25) is 9.36 Å². The molecule has 1 unspecified atom stereocenters. The van der Waals surface area contributed by atoms with Gasteiger partial charge < -0.3 is 9.30 Å². The zero-order valence-electron chi connectivity index (χ0n) is 15.9. The van der Waals surface area contributed by atoms with E-state index < -0.39 is 0 Å². The number of fused-ring (bicyclic) bond motifs is 2. The Morgan fingerprint density at radius 2 is 1.97 bits per heavy atom. The maximum Gasteiger partial charge on any atom is 0.286 e. The second kappa shape index (κ2) is 7.04. The van der Waals surface area contributed by atoms with Crippen molar-refractivity contribution in [1.29, 1.82) is 0 Å². The number of aryl methyl sites for hydroxylation is 1. The predicted octanol–water partition coefficient (Wildman–Crippen LogP) is 3.97. The number of aromatic nitrogens is 4. The Bertz CT molecular complexity index is 1260. The molecule has 1 aliphatic heterocycles. The topological polar surface area (TPSA) is 61.9 Å². The fourth-order valence-electron chi connectivity index (χ4n) is 3.88. The van der Waals surface area contributed by atoms with Crippen LogP contribution in [-0.4, -0.2) is 25.7 Å². The van der Waals surface area contributed by atoms with Crippen molar-refractivity contribution in [3.05, 3.63) is 81.6 Å². The first-order chi connectivity index (χ1) is 14.2. The second-order valence-electron chi connectivity index (χ2n) is 7.10. The molecule has 3 heterocycles. The largest absolute Gasteiger partial charge is 0.493 e. The van der Waals surface area contributed by atoms with Crippen LogP contribution in [0.5, 0.6) is 5.75 Å². The van der Waals surface area contributed by atoms with Crippen molar-refractivity contribution in [1.82, 2.24) is 19.1 Å². The van der Waals surface area contributed by atoms with Crippen LogP contribution in [0.15, 0.2) is 59.7 Å². The highest BCUT2D eigenvalue weighted by Crippen LogP contribution is 2.35. The maximum absolute atomic E-state index is 13.4. The van der Waals surface area contributed by atoms with Crippen molar-refractivity contribution in [3.63, 3.8) is 0 Å². The number of ether oxygens (including phenoxy) is 1.